The summed E-state index contributed by atoms with van der Waals surface area (Å²) < 4.78 is 17.4. The minimum absolute atomic E-state index is 0.188. The number of anilines is 1. The van der Waals surface area contributed by atoms with Crippen LogP contribution >= 0.6 is 0 Å². The molecule has 1 heterocycles. The monoisotopic (exact) mass is 533 g/mol. The van der Waals surface area contributed by atoms with Crippen molar-refractivity contribution in [2.45, 2.75) is 6.54 Å². The van der Waals surface area contributed by atoms with E-state index < -0.39 is 0 Å². The molecule has 1 N–H and O–H groups in total. The third-order valence-electron chi connectivity index (χ3n) is 6.69. The van der Waals surface area contributed by atoms with E-state index in [1.807, 2.05) is 116 Å². The number of benzene rings is 4. The van der Waals surface area contributed by atoms with Crippen LogP contribution in [-0.4, -0.2) is 39.2 Å². The van der Waals surface area contributed by atoms with E-state index in [-0.39, 0.29) is 18.1 Å². The van der Waals surface area contributed by atoms with Gasteiger partial charge < -0.3 is 24.1 Å². The van der Waals surface area contributed by atoms with Crippen molar-refractivity contribution in [3.63, 3.8) is 0 Å². The van der Waals surface area contributed by atoms with Gasteiger partial charge in [-0.25, -0.2) is 4.98 Å². The van der Waals surface area contributed by atoms with Gasteiger partial charge in [-0.3, -0.25) is 4.79 Å². The summed E-state index contributed by atoms with van der Waals surface area (Å²) in [5, 5.41) is 2.99. The fourth-order valence-corrected chi connectivity index (χ4v) is 4.59. The lowest BCUT2D eigenvalue weighted by Gasteiger charge is -2.14. The molecule has 0 aliphatic rings. The van der Waals surface area contributed by atoms with Crippen LogP contribution in [0.25, 0.3) is 33.9 Å². The minimum atomic E-state index is -0.369. The minimum Gasteiger partial charge on any atom is -0.496 e. The van der Waals surface area contributed by atoms with Crippen LogP contribution in [0.15, 0.2) is 101 Å². The van der Waals surface area contributed by atoms with Gasteiger partial charge in [0.05, 0.1) is 26.3 Å². The molecule has 0 fully saturated rings. The van der Waals surface area contributed by atoms with E-state index in [4.69, 9.17) is 18.9 Å². The first-order valence-electron chi connectivity index (χ1n) is 12.9. The average Bonchev–Trinajstić information content (AvgIpc) is 3.45. The van der Waals surface area contributed by atoms with Crippen LogP contribution in [-0.2, 0) is 6.54 Å². The predicted molar refractivity (Wildman–Crippen MR) is 158 cm³/mol. The Hall–Kier alpha value is -5.04. The van der Waals surface area contributed by atoms with Gasteiger partial charge in [0.25, 0.3) is 5.91 Å². The zero-order chi connectivity index (χ0) is 28.1. The number of methoxy groups -OCH3 is 2. The van der Waals surface area contributed by atoms with E-state index in [1.165, 1.54) is 0 Å². The molecular weight excluding hydrogens is 502 g/mol. The van der Waals surface area contributed by atoms with Crippen molar-refractivity contribution in [1.82, 2.24) is 10.3 Å². The van der Waals surface area contributed by atoms with Gasteiger partial charge >= 0.3 is 0 Å². The van der Waals surface area contributed by atoms with Gasteiger partial charge in [-0.1, -0.05) is 54.6 Å². The van der Waals surface area contributed by atoms with Crippen LogP contribution in [0.4, 0.5) is 5.69 Å². The standard InChI is InChI=1S/C33H31N3O4/c1-36(2)24-19-17-23(18-20-24)31-30(32(37)34-21-27-28(38-3)15-10-16-29(27)39-4)35-33(40-31)26-14-9-8-13-25(26)22-11-6-5-7-12-22/h5-20H,21H2,1-4H3,(H,34,37). The van der Waals surface area contributed by atoms with E-state index in [1.54, 1.807) is 14.2 Å². The molecule has 202 valence electrons. The summed E-state index contributed by atoms with van der Waals surface area (Å²) in [4.78, 5) is 20.4. The van der Waals surface area contributed by atoms with Crippen LogP contribution < -0.4 is 19.7 Å². The maximum absolute atomic E-state index is 13.7. The third-order valence-corrected chi connectivity index (χ3v) is 6.69. The quantitative estimate of drug-likeness (QED) is 0.228. The molecule has 0 atom stereocenters. The molecule has 7 nitrogen and oxygen atoms in total. The first kappa shape index (κ1) is 26.6. The lowest BCUT2D eigenvalue weighted by atomic mass is 10.00. The largest absolute Gasteiger partial charge is 0.496 e. The summed E-state index contributed by atoms with van der Waals surface area (Å²) in [7, 11) is 7.13. The number of nitrogens with zero attached hydrogens (tertiary/aromatic N) is 2. The van der Waals surface area contributed by atoms with E-state index in [0.717, 1.165) is 33.5 Å². The third kappa shape index (κ3) is 5.40. The number of carbonyl (C=O) groups is 1. The number of hydrogen-bond donors (Lipinski definition) is 1. The van der Waals surface area contributed by atoms with Gasteiger partial charge in [-0.2, -0.15) is 0 Å². The summed E-state index contributed by atoms with van der Waals surface area (Å²) in [5.41, 5.74) is 5.51. The normalized spacial score (nSPS) is 10.7. The zero-order valence-electron chi connectivity index (χ0n) is 23.0. The number of rotatable bonds is 9. The van der Waals surface area contributed by atoms with Crippen molar-refractivity contribution in [2.24, 2.45) is 0 Å². The summed E-state index contributed by atoms with van der Waals surface area (Å²) >= 11 is 0. The van der Waals surface area contributed by atoms with Gasteiger partial charge in [0.2, 0.25) is 5.89 Å². The Kier molecular flexibility index (Phi) is 7.82. The topological polar surface area (TPSA) is 76.8 Å². The molecule has 5 rings (SSSR count). The first-order chi connectivity index (χ1) is 19.5. The smallest absolute Gasteiger partial charge is 0.274 e. The van der Waals surface area contributed by atoms with Gasteiger partial charge in [0, 0.05) is 30.9 Å². The molecule has 0 radical (unpaired) electrons. The van der Waals surface area contributed by atoms with Crippen LogP contribution in [0.1, 0.15) is 16.1 Å². The SMILES string of the molecule is COc1cccc(OC)c1CNC(=O)c1nc(-c2ccccc2-c2ccccc2)oc1-c1ccc(N(C)C)cc1. The second-order valence-corrected chi connectivity index (χ2v) is 9.37. The number of oxazole rings is 1. The molecule has 0 spiro atoms. The number of aromatic nitrogens is 1. The molecule has 0 bridgehead atoms. The highest BCUT2D eigenvalue weighted by molar-refractivity contribution is 5.98. The number of amides is 1. The maximum atomic E-state index is 13.7. The average molecular weight is 534 g/mol. The Morgan fingerprint density at radius 2 is 1.40 bits per heavy atom. The molecule has 0 saturated heterocycles. The first-order valence-corrected chi connectivity index (χ1v) is 12.9. The van der Waals surface area contributed by atoms with Crippen molar-refractivity contribution in [3.05, 3.63) is 108 Å². The molecular formula is C33H31N3O4. The molecule has 40 heavy (non-hydrogen) atoms. The molecule has 0 saturated carbocycles. The van der Waals surface area contributed by atoms with Crippen molar-refractivity contribution < 1.29 is 18.7 Å². The Morgan fingerprint density at radius 3 is 2.02 bits per heavy atom. The molecule has 0 aliphatic heterocycles. The Bertz CT molecular complexity index is 1590. The molecule has 5 aromatic rings. The summed E-state index contributed by atoms with van der Waals surface area (Å²) in [6.07, 6.45) is 0. The predicted octanol–water partition coefficient (Wildman–Crippen LogP) is 6.69. The fourth-order valence-electron chi connectivity index (χ4n) is 4.59. The van der Waals surface area contributed by atoms with Crippen molar-refractivity contribution in [3.8, 4) is 45.4 Å². The fraction of sp³-hybridized carbons (Fsp3) is 0.152. The summed E-state index contributed by atoms with van der Waals surface area (Å²) in [6, 6.07) is 31.3. The molecule has 4 aromatic carbocycles. The number of nitrogens with one attached hydrogen (secondary N) is 1. The maximum Gasteiger partial charge on any atom is 0.274 e. The summed E-state index contributed by atoms with van der Waals surface area (Å²) in [6.45, 7) is 0.188. The second kappa shape index (κ2) is 11.8. The van der Waals surface area contributed by atoms with Crippen molar-refractivity contribution >= 4 is 11.6 Å². The van der Waals surface area contributed by atoms with Crippen LogP contribution in [0.3, 0.4) is 0 Å². The van der Waals surface area contributed by atoms with E-state index in [9.17, 15) is 4.79 Å². The van der Waals surface area contributed by atoms with E-state index >= 15 is 0 Å². The van der Waals surface area contributed by atoms with Gasteiger partial charge in [0.1, 0.15) is 11.5 Å². The number of hydrogen-bond acceptors (Lipinski definition) is 6. The van der Waals surface area contributed by atoms with Crippen molar-refractivity contribution in [1.29, 1.82) is 0 Å². The molecule has 1 amide bonds. The summed E-state index contributed by atoms with van der Waals surface area (Å²) in [5.74, 6) is 1.64. The zero-order valence-corrected chi connectivity index (χ0v) is 23.0. The Labute approximate surface area is 234 Å². The lowest BCUT2D eigenvalue weighted by molar-refractivity contribution is 0.0946. The number of ether oxygens (including phenoxy) is 2. The van der Waals surface area contributed by atoms with Crippen LogP contribution in [0.5, 0.6) is 11.5 Å². The van der Waals surface area contributed by atoms with Crippen LogP contribution in [0.2, 0.25) is 0 Å². The van der Waals surface area contributed by atoms with Crippen molar-refractivity contribution in [2.75, 3.05) is 33.2 Å². The highest BCUT2D eigenvalue weighted by Crippen LogP contribution is 2.36. The Morgan fingerprint density at radius 1 is 0.775 bits per heavy atom. The molecule has 0 unspecified atom stereocenters. The lowest BCUT2D eigenvalue weighted by Crippen LogP contribution is -2.24. The molecule has 1 aromatic heterocycles. The van der Waals surface area contributed by atoms with Crippen LogP contribution in [0, 0.1) is 0 Å². The highest BCUT2D eigenvalue weighted by Gasteiger charge is 2.24. The second-order valence-electron chi connectivity index (χ2n) is 9.37. The molecule has 7 heteroatoms. The van der Waals surface area contributed by atoms with Gasteiger partial charge in [-0.05, 0) is 53.6 Å². The van der Waals surface area contributed by atoms with E-state index in [2.05, 4.69) is 5.32 Å². The van der Waals surface area contributed by atoms with Gasteiger partial charge in [-0.15, -0.1) is 0 Å². The van der Waals surface area contributed by atoms with Gasteiger partial charge in [0.15, 0.2) is 11.5 Å². The Balaban J connectivity index is 1.56. The van der Waals surface area contributed by atoms with E-state index in [0.29, 0.717) is 23.1 Å². The molecule has 0 aliphatic carbocycles. The number of carbonyl (C=O) groups excluding carboxylic acids is 1. The highest BCUT2D eigenvalue weighted by atomic mass is 16.5.